The first-order chi connectivity index (χ1) is 13.5. The molecular weight excluding hydrogens is 354 g/mol. The van der Waals surface area contributed by atoms with E-state index in [2.05, 4.69) is 5.32 Å². The van der Waals surface area contributed by atoms with Crippen molar-refractivity contribution in [1.29, 1.82) is 0 Å². The highest BCUT2D eigenvalue weighted by Gasteiger charge is 2.19. The number of rotatable bonds is 6. The van der Waals surface area contributed by atoms with Crippen LogP contribution in [0.2, 0.25) is 0 Å². The van der Waals surface area contributed by atoms with E-state index in [9.17, 15) is 9.59 Å². The summed E-state index contributed by atoms with van der Waals surface area (Å²) in [7, 11) is 1.55. The van der Waals surface area contributed by atoms with Crippen LogP contribution in [0.25, 0.3) is 10.8 Å². The monoisotopic (exact) mass is 377 g/mol. The van der Waals surface area contributed by atoms with Gasteiger partial charge in [-0.05, 0) is 42.8 Å². The smallest absolute Gasteiger partial charge is 0.311 e. The van der Waals surface area contributed by atoms with Gasteiger partial charge in [0.1, 0.15) is 5.75 Å². The van der Waals surface area contributed by atoms with Gasteiger partial charge in [0.2, 0.25) is 0 Å². The van der Waals surface area contributed by atoms with Crippen LogP contribution < -0.4 is 10.1 Å². The minimum absolute atomic E-state index is 0.0401. The van der Waals surface area contributed by atoms with Gasteiger partial charge in [-0.3, -0.25) is 9.59 Å². The summed E-state index contributed by atoms with van der Waals surface area (Å²) in [4.78, 5) is 24.7. The number of ether oxygens (including phenoxy) is 2. The van der Waals surface area contributed by atoms with Crippen molar-refractivity contribution in [2.75, 3.05) is 12.4 Å². The Morgan fingerprint density at radius 1 is 1.00 bits per heavy atom. The van der Waals surface area contributed by atoms with Crippen LogP contribution >= 0.6 is 0 Å². The number of amides is 1. The third kappa shape index (κ3) is 4.68. The zero-order valence-electron chi connectivity index (χ0n) is 16.2. The van der Waals surface area contributed by atoms with E-state index in [1.54, 1.807) is 14.0 Å². The molecule has 0 radical (unpaired) electrons. The number of methoxy groups -OCH3 is 1. The number of esters is 1. The van der Waals surface area contributed by atoms with E-state index in [1.807, 2.05) is 67.6 Å². The third-order valence-electron chi connectivity index (χ3n) is 4.47. The van der Waals surface area contributed by atoms with Crippen LogP contribution in [0.4, 0.5) is 5.69 Å². The Morgan fingerprint density at radius 2 is 1.75 bits per heavy atom. The summed E-state index contributed by atoms with van der Waals surface area (Å²) in [6.07, 6.45) is -0.867. The Bertz CT molecular complexity index is 1010. The van der Waals surface area contributed by atoms with E-state index in [-0.39, 0.29) is 12.3 Å². The highest BCUT2D eigenvalue weighted by atomic mass is 16.5. The zero-order chi connectivity index (χ0) is 20.1. The van der Waals surface area contributed by atoms with Crippen molar-refractivity contribution >= 4 is 28.3 Å². The molecule has 0 spiro atoms. The lowest BCUT2D eigenvalue weighted by Crippen LogP contribution is -2.30. The summed E-state index contributed by atoms with van der Waals surface area (Å²) in [6.45, 7) is 3.50. The normalized spacial score (nSPS) is 11.7. The van der Waals surface area contributed by atoms with Gasteiger partial charge in [-0.15, -0.1) is 0 Å². The summed E-state index contributed by atoms with van der Waals surface area (Å²) in [5.74, 6) is -0.235. The Labute approximate surface area is 164 Å². The SMILES string of the molecule is COc1ccc(C)cc1CC(=O)O[C@@H](C)C(=O)Nc1ccc2ccccc2c1. The molecule has 0 fully saturated rings. The molecule has 1 N–H and O–H groups in total. The summed E-state index contributed by atoms with van der Waals surface area (Å²) < 4.78 is 10.6. The van der Waals surface area contributed by atoms with E-state index in [0.29, 0.717) is 11.4 Å². The predicted molar refractivity (Wildman–Crippen MR) is 110 cm³/mol. The summed E-state index contributed by atoms with van der Waals surface area (Å²) >= 11 is 0. The highest BCUT2D eigenvalue weighted by molar-refractivity contribution is 5.97. The summed E-state index contributed by atoms with van der Waals surface area (Å²) in [5.41, 5.74) is 2.41. The van der Waals surface area contributed by atoms with Crippen molar-refractivity contribution < 1.29 is 19.1 Å². The molecule has 3 aromatic carbocycles. The second kappa shape index (κ2) is 8.57. The highest BCUT2D eigenvalue weighted by Crippen LogP contribution is 2.21. The molecule has 0 saturated carbocycles. The van der Waals surface area contributed by atoms with E-state index < -0.39 is 12.1 Å². The minimum Gasteiger partial charge on any atom is -0.496 e. The molecular formula is C23H23NO4. The number of aryl methyl sites for hydroxylation is 1. The van der Waals surface area contributed by atoms with Gasteiger partial charge in [0.15, 0.2) is 6.10 Å². The number of carbonyl (C=O) groups excluding carboxylic acids is 2. The van der Waals surface area contributed by atoms with Gasteiger partial charge in [-0.25, -0.2) is 0 Å². The molecule has 0 aromatic heterocycles. The van der Waals surface area contributed by atoms with Gasteiger partial charge in [0, 0.05) is 11.3 Å². The Balaban J connectivity index is 1.61. The number of benzene rings is 3. The van der Waals surface area contributed by atoms with Gasteiger partial charge < -0.3 is 14.8 Å². The first kappa shape index (κ1) is 19.4. The molecule has 0 bridgehead atoms. The topological polar surface area (TPSA) is 64.6 Å². The molecule has 0 saturated heterocycles. The van der Waals surface area contributed by atoms with E-state index >= 15 is 0 Å². The molecule has 1 amide bonds. The standard InChI is InChI=1S/C23H23NO4/c1-15-8-11-21(27-3)19(12-15)14-22(25)28-16(2)23(26)24-20-10-9-17-6-4-5-7-18(17)13-20/h4-13,16H,14H2,1-3H3,(H,24,26)/t16-/m0/s1. The van der Waals surface area contributed by atoms with Crippen LogP contribution in [0.1, 0.15) is 18.1 Å². The Kier molecular flexibility index (Phi) is 5.94. The largest absolute Gasteiger partial charge is 0.496 e. The molecule has 0 aliphatic carbocycles. The van der Waals surface area contributed by atoms with Crippen LogP contribution in [0.3, 0.4) is 0 Å². The molecule has 0 aliphatic heterocycles. The second-order valence-corrected chi connectivity index (χ2v) is 6.68. The number of hydrogen-bond donors (Lipinski definition) is 1. The van der Waals surface area contributed by atoms with Crippen LogP contribution in [0.5, 0.6) is 5.75 Å². The lowest BCUT2D eigenvalue weighted by Gasteiger charge is -2.15. The molecule has 1 atom stereocenters. The third-order valence-corrected chi connectivity index (χ3v) is 4.47. The minimum atomic E-state index is -0.908. The maximum absolute atomic E-state index is 12.4. The Morgan fingerprint density at radius 3 is 2.50 bits per heavy atom. The number of nitrogens with one attached hydrogen (secondary N) is 1. The molecule has 0 unspecified atom stereocenters. The van der Waals surface area contributed by atoms with E-state index in [1.165, 1.54) is 0 Å². The lowest BCUT2D eigenvalue weighted by atomic mass is 10.1. The van der Waals surface area contributed by atoms with Gasteiger partial charge in [-0.1, -0.05) is 48.0 Å². The molecule has 3 rings (SSSR count). The molecule has 144 valence electrons. The van der Waals surface area contributed by atoms with E-state index in [0.717, 1.165) is 21.9 Å². The van der Waals surface area contributed by atoms with Crippen molar-refractivity contribution in [2.45, 2.75) is 26.4 Å². The summed E-state index contributed by atoms with van der Waals surface area (Å²) in [5, 5.41) is 4.91. The van der Waals surface area contributed by atoms with Gasteiger partial charge in [0.25, 0.3) is 5.91 Å². The summed E-state index contributed by atoms with van der Waals surface area (Å²) in [6, 6.07) is 19.1. The quantitative estimate of drug-likeness (QED) is 0.652. The second-order valence-electron chi connectivity index (χ2n) is 6.68. The van der Waals surface area contributed by atoms with Gasteiger partial charge in [-0.2, -0.15) is 0 Å². The maximum atomic E-state index is 12.4. The fourth-order valence-corrected chi connectivity index (χ4v) is 3.00. The Hall–Kier alpha value is -3.34. The number of anilines is 1. The molecule has 0 heterocycles. The maximum Gasteiger partial charge on any atom is 0.311 e. The molecule has 28 heavy (non-hydrogen) atoms. The van der Waals surface area contributed by atoms with Crippen molar-refractivity contribution in [3.05, 3.63) is 71.8 Å². The number of hydrogen-bond acceptors (Lipinski definition) is 4. The fourth-order valence-electron chi connectivity index (χ4n) is 3.00. The molecule has 5 nitrogen and oxygen atoms in total. The number of carbonyl (C=O) groups is 2. The van der Waals surface area contributed by atoms with Crippen molar-refractivity contribution in [1.82, 2.24) is 0 Å². The van der Waals surface area contributed by atoms with Crippen molar-refractivity contribution in [2.24, 2.45) is 0 Å². The predicted octanol–water partition coefficient (Wildman–Crippen LogP) is 4.27. The van der Waals surface area contributed by atoms with Crippen LogP contribution in [-0.4, -0.2) is 25.1 Å². The van der Waals surface area contributed by atoms with Gasteiger partial charge >= 0.3 is 5.97 Å². The average Bonchev–Trinajstić information content (AvgIpc) is 2.68. The van der Waals surface area contributed by atoms with E-state index in [4.69, 9.17) is 9.47 Å². The molecule has 0 aliphatic rings. The van der Waals surface area contributed by atoms with Crippen LogP contribution in [-0.2, 0) is 20.7 Å². The average molecular weight is 377 g/mol. The fraction of sp³-hybridized carbons (Fsp3) is 0.217. The molecule has 3 aromatic rings. The first-order valence-electron chi connectivity index (χ1n) is 9.09. The molecule has 5 heteroatoms. The van der Waals surface area contributed by atoms with Crippen molar-refractivity contribution in [3.63, 3.8) is 0 Å². The van der Waals surface area contributed by atoms with Gasteiger partial charge in [0.05, 0.1) is 13.5 Å². The lowest BCUT2D eigenvalue weighted by molar-refractivity contribution is -0.152. The van der Waals surface area contributed by atoms with Crippen molar-refractivity contribution in [3.8, 4) is 5.75 Å². The van der Waals surface area contributed by atoms with Crippen LogP contribution in [0, 0.1) is 6.92 Å². The first-order valence-corrected chi connectivity index (χ1v) is 9.09. The number of fused-ring (bicyclic) bond motifs is 1. The van der Waals surface area contributed by atoms with Crippen LogP contribution in [0.15, 0.2) is 60.7 Å². The zero-order valence-corrected chi connectivity index (χ0v) is 16.2.